The number of anilines is 1. The number of rotatable bonds is 3. The Hall–Kier alpha value is -1.19. The van der Waals surface area contributed by atoms with Gasteiger partial charge in [-0.1, -0.05) is 23.7 Å². The lowest BCUT2D eigenvalue weighted by atomic mass is 10.2. The van der Waals surface area contributed by atoms with E-state index in [9.17, 15) is 5.11 Å². The Bertz CT molecular complexity index is 520. The van der Waals surface area contributed by atoms with Crippen LogP contribution in [0.15, 0.2) is 40.9 Å². The van der Waals surface area contributed by atoms with Crippen LogP contribution < -0.4 is 5.32 Å². The number of hydrogen-bond acceptors (Lipinski definition) is 2. The number of benzene rings is 2. The first kappa shape index (κ1) is 13.2. The second-order valence-electron chi connectivity index (χ2n) is 4.10. The van der Waals surface area contributed by atoms with Crippen LogP contribution in [0.5, 0.6) is 5.75 Å². The fraction of sp³-hybridized carbons (Fsp3) is 0.143. The predicted molar refractivity (Wildman–Crippen MR) is 79.3 cm³/mol. The van der Waals surface area contributed by atoms with E-state index >= 15 is 0 Å². The number of aromatic hydroxyl groups is 1. The number of phenols is 1. The number of hydrogen-bond donors (Lipinski definition) is 2. The third kappa shape index (κ3) is 3.18. The maximum absolute atomic E-state index is 9.61. The van der Waals surface area contributed by atoms with Gasteiger partial charge in [0, 0.05) is 22.8 Å². The van der Waals surface area contributed by atoms with Crippen molar-refractivity contribution in [3.63, 3.8) is 0 Å². The van der Waals surface area contributed by atoms with Crippen LogP contribution in [0.1, 0.15) is 11.1 Å². The second kappa shape index (κ2) is 5.63. The summed E-state index contributed by atoms with van der Waals surface area (Å²) in [6, 6.07) is 11.4. The van der Waals surface area contributed by atoms with Gasteiger partial charge in [0.15, 0.2) is 0 Å². The molecule has 0 saturated heterocycles. The Balaban J connectivity index is 2.06. The first-order valence-corrected chi connectivity index (χ1v) is 6.71. The molecule has 18 heavy (non-hydrogen) atoms. The molecule has 0 radical (unpaired) electrons. The highest BCUT2D eigenvalue weighted by Crippen LogP contribution is 2.24. The third-order valence-electron chi connectivity index (χ3n) is 2.69. The third-order valence-corrected chi connectivity index (χ3v) is 3.92. The lowest BCUT2D eigenvalue weighted by Crippen LogP contribution is -1.99. The van der Waals surface area contributed by atoms with Gasteiger partial charge in [0.1, 0.15) is 5.75 Å². The van der Waals surface area contributed by atoms with Crippen molar-refractivity contribution in [1.29, 1.82) is 0 Å². The van der Waals surface area contributed by atoms with Crippen molar-refractivity contribution >= 4 is 33.2 Å². The molecule has 0 bridgehead atoms. The Labute approximate surface area is 120 Å². The van der Waals surface area contributed by atoms with Crippen molar-refractivity contribution in [3.05, 3.63) is 57.0 Å². The van der Waals surface area contributed by atoms with E-state index < -0.39 is 0 Å². The number of halogens is 2. The molecule has 0 unspecified atom stereocenters. The minimum atomic E-state index is 0.300. The maximum atomic E-state index is 9.61. The molecule has 2 rings (SSSR count). The molecule has 0 amide bonds. The van der Waals surface area contributed by atoms with E-state index in [1.165, 1.54) is 0 Å². The fourth-order valence-corrected chi connectivity index (χ4v) is 2.02. The van der Waals surface area contributed by atoms with Crippen LogP contribution in [-0.4, -0.2) is 5.11 Å². The normalized spacial score (nSPS) is 10.4. The van der Waals surface area contributed by atoms with E-state index in [2.05, 4.69) is 21.2 Å². The highest BCUT2D eigenvalue weighted by molar-refractivity contribution is 9.10. The summed E-state index contributed by atoms with van der Waals surface area (Å²) in [7, 11) is 0. The fourth-order valence-electron chi connectivity index (χ4n) is 1.57. The molecular formula is C14H13BrClNO. The van der Waals surface area contributed by atoms with E-state index in [-0.39, 0.29) is 0 Å². The average Bonchev–Trinajstić information content (AvgIpc) is 2.35. The van der Waals surface area contributed by atoms with Crippen LogP contribution in [0.3, 0.4) is 0 Å². The summed E-state index contributed by atoms with van der Waals surface area (Å²) in [5.74, 6) is 0.300. The van der Waals surface area contributed by atoms with Crippen molar-refractivity contribution in [2.45, 2.75) is 13.5 Å². The Kier molecular flexibility index (Phi) is 4.15. The van der Waals surface area contributed by atoms with Gasteiger partial charge >= 0.3 is 0 Å². The van der Waals surface area contributed by atoms with Crippen LogP contribution in [-0.2, 0) is 6.54 Å². The van der Waals surface area contributed by atoms with Gasteiger partial charge in [0.2, 0.25) is 0 Å². The molecule has 94 valence electrons. The smallest absolute Gasteiger partial charge is 0.120 e. The number of aryl methyl sites for hydroxylation is 1. The summed E-state index contributed by atoms with van der Waals surface area (Å²) in [4.78, 5) is 0. The first-order chi connectivity index (χ1) is 8.56. The van der Waals surface area contributed by atoms with E-state index in [0.29, 0.717) is 17.3 Å². The summed E-state index contributed by atoms with van der Waals surface area (Å²) in [6.07, 6.45) is 0. The van der Waals surface area contributed by atoms with Gasteiger partial charge in [-0.2, -0.15) is 0 Å². The summed E-state index contributed by atoms with van der Waals surface area (Å²) in [6.45, 7) is 2.53. The number of phenolic OH excluding ortho intramolecular Hbond substituents is 1. The van der Waals surface area contributed by atoms with Crippen LogP contribution in [0.4, 0.5) is 5.69 Å². The molecule has 0 fully saturated rings. The summed E-state index contributed by atoms with van der Waals surface area (Å²) in [5, 5.41) is 13.5. The molecule has 0 aromatic heterocycles. The molecule has 2 N–H and O–H groups in total. The van der Waals surface area contributed by atoms with Crippen molar-refractivity contribution in [1.82, 2.24) is 0 Å². The summed E-state index contributed by atoms with van der Waals surface area (Å²) >= 11 is 9.38. The van der Waals surface area contributed by atoms with E-state index in [4.69, 9.17) is 11.6 Å². The van der Waals surface area contributed by atoms with E-state index in [1.807, 2.05) is 37.3 Å². The summed E-state index contributed by atoms with van der Waals surface area (Å²) < 4.78 is 0.890. The molecule has 2 aromatic rings. The molecule has 0 aliphatic carbocycles. The van der Waals surface area contributed by atoms with Crippen molar-refractivity contribution in [2.75, 3.05) is 5.32 Å². The molecule has 0 heterocycles. The highest BCUT2D eigenvalue weighted by atomic mass is 79.9. The predicted octanol–water partition coefficient (Wildman–Crippen LogP) is 4.73. The number of nitrogens with one attached hydrogen (secondary N) is 1. The average molecular weight is 327 g/mol. The Morgan fingerprint density at radius 3 is 2.67 bits per heavy atom. The van der Waals surface area contributed by atoms with Gasteiger partial charge in [-0.25, -0.2) is 0 Å². The largest absolute Gasteiger partial charge is 0.508 e. The van der Waals surface area contributed by atoms with Crippen LogP contribution in [0, 0.1) is 6.92 Å². The standard InChI is InChI=1S/C14H13BrClNO/c1-9-2-4-11(7-14(9)18)17-8-10-3-5-12(15)13(16)6-10/h2-7,17-18H,8H2,1H3. The topological polar surface area (TPSA) is 32.3 Å². The molecule has 0 spiro atoms. The molecular weight excluding hydrogens is 314 g/mol. The quantitative estimate of drug-likeness (QED) is 0.854. The lowest BCUT2D eigenvalue weighted by molar-refractivity contribution is 0.471. The highest BCUT2D eigenvalue weighted by Gasteiger charge is 2.01. The molecule has 0 atom stereocenters. The molecule has 2 aromatic carbocycles. The maximum Gasteiger partial charge on any atom is 0.120 e. The molecule has 0 aliphatic rings. The van der Waals surface area contributed by atoms with Gasteiger partial charge in [-0.05, 0) is 52.2 Å². The zero-order chi connectivity index (χ0) is 13.1. The van der Waals surface area contributed by atoms with Gasteiger partial charge in [0.05, 0.1) is 5.02 Å². The monoisotopic (exact) mass is 325 g/mol. The SMILES string of the molecule is Cc1ccc(NCc2ccc(Br)c(Cl)c2)cc1O. The second-order valence-corrected chi connectivity index (χ2v) is 5.36. The van der Waals surface area contributed by atoms with Crippen LogP contribution >= 0.6 is 27.5 Å². The van der Waals surface area contributed by atoms with Crippen molar-refractivity contribution in [2.24, 2.45) is 0 Å². The molecule has 2 nitrogen and oxygen atoms in total. The van der Waals surface area contributed by atoms with Gasteiger partial charge in [0.25, 0.3) is 0 Å². The zero-order valence-electron chi connectivity index (χ0n) is 9.87. The van der Waals surface area contributed by atoms with Gasteiger partial charge < -0.3 is 10.4 Å². The molecule has 0 saturated carbocycles. The van der Waals surface area contributed by atoms with Crippen LogP contribution in [0.25, 0.3) is 0 Å². The van der Waals surface area contributed by atoms with Gasteiger partial charge in [-0.15, -0.1) is 0 Å². The summed E-state index contributed by atoms with van der Waals surface area (Å²) in [5.41, 5.74) is 2.84. The zero-order valence-corrected chi connectivity index (χ0v) is 12.2. The van der Waals surface area contributed by atoms with Crippen LogP contribution in [0.2, 0.25) is 5.02 Å². The first-order valence-electron chi connectivity index (χ1n) is 5.53. The lowest BCUT2D eigenvalue weighted by Gasteiger charge is -2.09. The van der Waals surface area contributed by atoms with Crippen molar-refractivity contribution < 1.29 is 5.11 Å². The minimum absolute atomic E-state index is 0.300. The minimum Gasteiger partial charge on any atom is -0.508 e. The van der Waals surface area contributed by atoms with Crippen molar-refractivity contribution in [3.8, 4) is 5.75 Å². The Morgan fingerprint density at radius 2 is 2.00 bits per heavy atom. The Morgan fingerprint density at radius 1 is 1.22 bits per heavy atom. The molecule has 0 aliphatic heterocycles. The molecule has 4 heteroatoms. The van der Waals surface area contributed by atoms with Gasteiger partial charge in [-0.3, -0.25) is 0 Å². The van der Waals surface area contributed by atoms with E-state index in [0.717, 1.165) is 21.3 Å². The van der Waals surface area contributed by atoms with E-state index in [1.54, 1.807) is 6.07 Å².